The summed E-state index contributed by atoms with van der Waals surface area (Å²) in [5.41, 5.74) is 1.17. The van der Waals surface area contributed by atoms with E-state index in [0.717, 1.165) is 10.4 Å². The number of rotatable bonds is 3. The van der Waals surface area contributed by atoms with Crippen LogP contribution in [0.3, 0.4) is 0 Å². The highest BCUT2D eigenvalue weighted by Gasteiger charge is 2.22. The molecule has 1 aromatic carbocycles. The van der Waals surface area contributed by atoms with Crippen LogP contribution in [0.25, 0.3) is 10.2 Å². The van der Waals surface area contributed by atoms with Crippen molar-refractivity contribution in [3.8, 4) is 0 Å². The van der Waals surface area contributed by atoms with Crippen molar-refractivity contribution >= 4 is 56.3 Å². The maximum Gasteiger partial charge on any atom is 0.263 e. The number of amides is 1. The Kier molecular flexibility index (Phi) is 5.10. The highest BCUT2D eigenvalue weighted by atomic mass is 35.5. The Bertz CT molecular complexity index is 1070. The zero-order valence-electron chi connectivity index (χ0n) is 14.7. The van der Waals surface area contributed by atoms with Crippen LogP contribution in [0.5, 0.6) is 0 Å². The second-order valence-corrected chi connectivity index (χ2v) is 8.20. The van der Waals surface area contributed by atoms with Gasteiger partial charge in [0, 0.05) is 20.6 Å². The summed E-state index contributed by atoms with van der Waals surface area (Å²) in [6.45, 7) is 7.25. The van der Waals surface area contributed by atoms with Gasteiger partial charge < -0.3 is 5.32 Å². The minimum absolute atomic E-state index is 0.207. The number of fused-ring (bicyclic) bond motifs is 1. The van der Waals surface area contributed by atoms with E-state index in [1.807, 2.05) is 13.8 Å². The van der Waals surface area contributed by atoms with Gasteiger partial charge in [0.1, 0.15) is 16.7 Å². The van der Waals surface area contributed by atoms with Crippen molar-refractivity contribution in [1.82, 2.24) is 9.55 Å². The van der Waals surface area contributed by atoms with E-state index in [9.17, 15) is 9.59 Å². The van der Waals surface area contributed by atoms with Crippen molar-refractivity contribution in [2.45, 2.75) is 33.7 Å². The van der Waals surface area contributed by atoms with E-state index >= 15 is 0 Å². The van der Waals surface area contributed by atoms with Gasteiger partial charge in [0.05, 0.1) is 5.39 Å². The maximum absolute atomic E-state index is 13.0. The number of anilines is 1. The topological polar surface area (TPSA) is 64.0 Å². The van der Waals surface area contributed by atoms with Crippen molar-refractivity contribution in [2.24, 2.45) is 0 Å². The molecule has 0 spiro atoms. The number of carbonyl (C=O) groups excluding carboxylic acids is 1. The molecule has 1 N–H and O–H groups in total. The molecule has 3 aromatic rings. The molecular formula is C18H17Cl2N3O2S. The summed E-state index contributed by atoms with van der Waals surface area (Å²) in [7, 11) is 0. The molecule has 1 unspecified atom stereocenters. The predicted molar refractivity (Wildman–Crippen MR) is 108 cm³/mol. The molecule has 5 nitrogen and oxygen atoms in total. The van der Waals surface area contributed by atoms with Gasteiger partial charge in [-0.15, -0.1) is 11.3 Å². The number of benzene rings is 1. The lowest BCUT2D eigenvalue weighted by Crippen LogP contribution is -2.33. The normalized spacial score (nSPS) is 12.4. The number of aryl methyl sites for hydroxylation is 3. The second-order valence-electron chi connectivity index (χ2n) is 6.12. The first kappa shape index (κ1) is 18.9. The zero-order valence-corrected chi connectivity index (χ0v) is 17.0. The van der Waals surface area contributed by atoms with Gasteiger partial charge in [-0.05, 0) is 51.5 Å². The van der Waals surface area contributed by atoms with E-state index in [2.05, 4.69) is 10.3 Å². The first-order valence-electron chi connectivity index (χ1n) is 7.95. The lowest BCUT2D eigenvalue weighted by molar-refractivity contribution is -0.118. The lowest BCUT2D eigenvalue weighted by atomic mass is 10.2. The molecule has 0 radical (unpaired) electrons. The average molecular weight is 410 g/mol. The van der Waals surface area contributed by atoms with Gasteiger partial charge in [0.2, 0.25) is 5.91 Å². The number of nitrogens with one attached hydrogen (secondary N) is 1. The molecule has 26 heavy (non-hydrogen) atoms. The Hall–Kier alpha value is -1.89. The van der Waals surface area contributed by atoms with Gasteiger partial charge in [-0.1, -0.05) is 23.2 Å². The Morgan fingerprint density at radius 1 is 1.19 bits per heavy atom. The highest BCUT2D eigenvalue weighted by molar-refractivity contribution is 7.18. The van der Waals surface area contributed by atoms with Crippen LogP contribution in [0.1, 0.15) is 29.2 Å². The fourth-order valence-electron chi connectivity index (χ4n) is 2.85. The van der Waals surface area contributed by atoms with Crippen LogP contribution in [-0.4, -0.2) is 15.5 Å². The zero-order chi connectivity index (χ0) is 19.2. The number of aromatic nitrogens is 2. The van der Waals surface area contributed by atoms with E-state index in [0.29, 0.717) is 31.8 Å². The number of nitrogens with zero attached hydrogens (tertiary/aromatic N) is 2. The van der Waals surface area contributed by atoms with Gasteiger partial charge >= 0.3 is 0 Å². The van der Waals surface area contributed by atoms with E-state index in [-0.39, 0.29) is 11.5 Å². The molecule has 0 saturated carbocycles. The summed E-state index contributed by atoms with van der Waals surface area (Å²) in [5, 5.41) is 4.16. The molecule has 136 valence electrons. The molecule has 0 aliphatic heterocycles. The minimum atomic E-state index is -0.739. The number of halogens is 2. The van der Waals surface area contributed by atoms with Crippen LogP contribution in [0.15, 0.2) is 23.0 Å². The molecule has 0 fully saturated rings. The van der Waals surface area contributed by atoms with E-state index in [4.69, 9.17) is 23.2 Å². The van der Waals surface area contributed by atoms with Crippen LogP contribution in [-0.2, 0) is 4.79 Å². The first-order valence-corrected chi connectivity index (χ1v) is 9.52. The van der Waals surface area contributed by atoms with Crippen molar-refractivity contribution in [3.63, 3.8) is 0 Å². The first-order chi connectivity index (χ1) is 12.2. The third-order valence-corrected chi connectivity index (χ3v) is 5.85. The summed E-state index contributed by atoms with van der Waals surface area (Å²) >= 11 is 13.4. The average Bonchev–Trinajstić information content (AvgIpc) is 2.80. The van der Waals surface area contributed by atoms with Crippen LogP contribution < -0.4 is 10.9 Å². The predicted octanol–water partition coefficient (Wildman–Crippen LogP) is 4.89. The summed E-state index contributed by atoms with van der Waals surface area (Å²) in [4.78, 5) is 31.9. The van der Waals surface area contributed by atoms with E-state index < -0.39 is 6.04 Å². The monoisotopic (exact) mass is 409 g/mol. The van der Waals surface area contributed by atoms with Crippen molar-refractivity contribution in [1.29, 1.82) is 0 Å². The summed E-state index contributed by atoms with van der Waals surface area (Å²) < 4.78 is 1.42. The maximum atomic E-state index is 13.0. The van der Waals surface area contributed by atoms with Gasteiger partial charge in [-0.2, -0.15) is 0 Å². The van der Waals surface area contributed by atoms with Crippen molar-refractivity contribution < 1.29 is 4.79 Å². The Morgan fingerprint density at radius 3 is 2.42 bits per heavy atom. The van der Waals surface area contributed by atoms with E-state index in [1.165, 1.54) is 15.9 Å². The van der Waals surface area contributed by atoms with Gasteiger partial charge in [-0.3, -0.25) is 14.2 Å². The van der Waals surface area contributed by atoms with Crippen LogP contribution in [0.4, 0.5) is 5.69 Å². The largest absolute Gasteiger partial charge is 0.324 e. The molecule has 8 heteroatoms. The van der Waals surface area contributed by atoms with E-state index in [1.54, 1.807) is 32.0 Å². The Balaban J connectivity index is 2.01. The fourth-order valence-corrected chi connectivity index (χ4v) is 4.45. The fraction of sp³-hybridized carbons (Fsp3) is 0.278. The third-order valence-electron chi connectivity index (χ3n) is 4.31. The van der Waals surface area contributed by atoms with Crippen LogP contribution >= 0.6 is 34.5 Å². The van der Waals surface area contributed by atoms with Crippen molar-refractivity contribution in [2.75, 3.05) is 5.32 Å². The second kappa shape index (κ2) is 7.02. The van der Waals surface area contributed by atoms with Crippen molar-refractivity contribution in [3.05, 3.63) is 54.9 Å². The number of thiophene rings is 1. The molecule has 0 aliphatic carbocycles. The number of hydrogen-bond donors (Lipinski definition) is 1. The van der Waals surface area contributed by atoms with Crippen LogP contribution in [0.2, 0.25) is 10.0 Å². The lowest BCUT2D eigenvalue weighted by Gasteiger charge is -2.17. The molecule has 0 saturated heterocycles. The smallest absolute Gasteiger partial charge is 0.263 e. The highest BCUT2D eigenvalue weighted by Crippen LogP contribution is 2.27. The molecule has 1 amide bonds. The molecule has 2 heterocycles. The number of carbonyl (C=O) groups is 1. The Labute approximate surface area is 164 Å². The minimum Gasteiger partial charge on any atom is -0.324 e. The molecule has 0 aliphatic rings. The molecule has 1 atom stereocenters. The summed E-state index contributed by atoms with van der Waals surface area (Å²) in [6.07, 6.45) is 0. The van der Waals surface area contributed by atoms with Gasteiger partial charge in [0.15, 0.2) is 0 Å². The van der Waals surface area contributed by atoms with Gasteiger partial charge in [-0.25, -0.2) is 4.98 Å². The third kappa shape index (κ3) is 3.37. The Morgan fingerprint density at radius 2 is 1.81 bits per heavy atom. The molecular weight excluding hydrogens is 393 g/mol. The van der Waals surface area contributed by atoms with Crippen LogP contribution in [0, 0.1) is 20.8 Å². The molecule has 0 bridgehead atoms. The van der Waals surface area contributed by atoms with Gasteiger partial charge in [0.25, 0.3) is 5.56 Å². The quantitative estimate of drug-likeness (QED) is 0.669. The molecule has 2 aromatic heterocycles. The standard InChI is InChI=1S/C18H17Cl2N3O2S/c1-8-10(3)26-17-15(8)18(25)23(11(4)21-17)9(2)16(24)22-14-6-12(19)5-13(20)7-14/h5-7,9H,1-4H3,(H,22,24). The SMILES string of the molecule is Cc1sc2nc(C)n(C(C)C(=O)Nc3cc(Cl)cc(Cl)c3)c(=O)c2c1C. The number of hydrogen-bond acceptors (Lipinski definition) is 4. The summed E-state index contributed by atoms with van der Waals surface area (Å²) in [5.74, 6) is 0.148. The molecule has 3 rings (SSSR count). The summed E-state index contributed by atoms with van der Waals surface area (Å²) in [6, 6.07) is 4.04.